The second kappa shape index (κ2) is 8.34. The molecule has 1 aromatic carbocycles. The van der Waals surface area contributed by atoms with Crippen molar-refractivity contribution in [1.82, 2.24) is 5.32 Å². The third kappa shape index (κ3) is 4.81. The highest BCUT2D eigenvalue weighted by atomic mass is 35.5. The van der Waals surface area contributed by atoms with Crippen LogP contribution in [0, 0.1) is 0 Å². The van der Waals surface area contributed by atoms with Gasteiger partial charge in [-0.15, -0.1) is 12.4 Å². The largest absolute Gasteiger partial charge is 0.494 e. The summed E-state index contributed by atoms with van der Waals surface area (Å²) in [7, 11) is 0. The predicted octanol–water partition coefficient (Wildman–Crippen LogP) is 2.49. The Morgan fingerprint density at radius 1 is 1.38 bits per heavy atom. The highest BCUT2D eigenvalue weighted by Gasteiger charge is 2.09. The van der Waals surface area contributed by atoms with Crippen LogP contribution in [0.2, 0.25) is 0 Å². The van der Waals surface area contributed by atoms with E-state index in [4.69, 9.17) is 14.9 Å². The third-order valence-electron chi connectivity index (χ3n) is 2.78. The molecule has 2 rings (SSSR count). The van der Waals surface area contributed by atoms with Crippen LogP contribution in [0.5, 0.6) is 5.75 Å². The van der Waals surface area contributed by atoms with E-state index < -0.39 is 0 Å². The van der Waals surface area contributed by atoms with E-state index in [9.17, 15) is 4.79 Å². The number of nitrogens with two attached hydrogens (primary N) is 1. The van der Waals surface area contributed by atoms with Crippen molar-refractivity contribution in [2.75, 3.05) is 6.61 Å². The summed E-state index contributed by atoms with van der Waals surface area (Å²) in [5, 5.41) is 2.83. The van der Waals surface area contributed by atoms with Gasteiger partial charge in [0.25, 0.3) is 5.91 Å². The molecule has 0 aliphatic carbocycles. The van der Waals surface area contributed by atoms with Crippen molar-refractivity contribution in [3.8, 4) is 5.75 Å². The van der Waals surface area contributed by atoms with Crippen molar-refractivity contribution >= 4 is 18.3 Å². The number of hydrogen-bond donors (Lipinski definition) is 2. The maximum absolute atomic E-state index is 11.9. The fourth-order valence-corrected chi connectivity index (χ4v) is 1.80. The Morgan fingerprint density at radius 3 is 2.86 bits per heavy atom. The summed E-state index contributed by atoms with van der Waals surface area (Å²) < 4.78 is 10.5. The lowest BCUT2D eigenvalue weighted by atomic mass is 10.2. The number of benzene rings is 1. The average Bonchev–Trinajstić information content (AvgIpc) is 2.94. The van der Waals surface area contributed by atoms with E-state index in [0.29, 0.717) is 24.5 Å². The zero-order chi connectivity index (χ0) is 14.4. The van der Waals surface area contributed by atoms with Crippen LogP contribution in [-0.2, 0) is 13.1 Å². The van der Waals surface area contributed by atoms with E-state index in [1.54, 1.807) is 6.07 Å². The maximum Gasteiger partial charge on any atom is 0.254 e. The fraction of sp³-hybridized carbons (Fsp3) is 0.267. The van der Waals surface area contributed by atoms with Gasteiger partial charge in [-0.2, -0.15) is 0 Å². The van der Waals surface area contributed by atoms with E-state index >= 15 is 0 Å². The van der Waals surface area contributed by atoms with Crippen LogP contribution in [-0.4, -0.2) is 12.5 Å². The Morgan fingerprint density at radius 2 is 2.19 bits per heavy atom. The summed E-state index contributed by atoms with van der Waals surface area (Å²) in [6.07, 6.45) is 1.41. The molecule has 0 fully saturated rings. The molecule has 0 atom stereocenters. The molecule has 5 nitrogen and oxygen atoms in total. The highest BCUT2D eigenvalue weighted by molar-refractivity contribution is 5.93. The summed E-state index contributed by atoms with van der Waals surface area (Å²) in [6, 6.07) is 9.27. The number of ether oxygens (including phenoxy) is 1. The first-order valence-corrected chi connectivity index (χ1v) is 6.50. The number of nitrogens with one attached hydrogen (secondary N) is 1. The lowest BCUT2D eigenvalue weighted by Gasteiger charge is -2.07. The molecular formula is C15H19ClN2O3. The highest BCUT2D eigenvalue weighted by Crippen LogP contribution is 2.13. The van der Waals surface area contributed by atoms with Gasteiger partial charge < -0.3 is 20.2 Å². The Hall–Kier alpha value is -1.98. The Bertz CT molecular complexity index is 584. The van der Waals surface area contributed by atoms with Gasteiger partial charge in [-0.1, -0.05) is 12.1 Å². The molecule has 2 aromatic rings. The first-order valence-electron chi connectivity index (χ1n) is 6.50. The van der Waals surface area contributed by atoms with Crippen molar-refractivity contribution in [3.63, 3.8) is 0 Å². The molecule has 0 bridgehead atoms. The van der Waals surface area contributed by atoms with Crippen LogP contribution in [0.25, 0.3) is 0 Å². The standard InChI is InChI=1S/C15H18N2O3.ClH/c1-2-19-13-5-3-4-11(6-13)9-17-15(18)12-7-14(8-16)20-10-12;/h3-7,10H,2,8-9,16H2,1H3,(H,17,18);1H. The normalized spacial score (nSPS) is 9.81. The molecule has 1 amide bonds. The molecule has 0 saturated carbocycles. The molecule has 3 N–H and O–H groups in total. The van der Waals surface area contributed by atoms with Gasteiger partial charge in [-0.3, -0.25) is 4.79 Å². The van der Waals surface area contributed by atoms with Crippen molar-refractivity contribution in [3.05, 3.63) is 53.5 Å². The van der Waals surface area contributed by atoms with E-state index in [1.165, 1.54) is 6.26 Å². The van der Waals surface area contributed by atoms with Gasteiger partial charge in [0.2, 0.25) is 0 Å². The monoisotopic (exact) mass is 310 g/mol. The second-order valence-corrected chi connectivity index (χ2v) is 4.27. The lowest BCUT2D eigenvalue weighted by Crippen LogP contribution is -2.22. The molecule has 0 spiro atoms. The van der Waals surface area contributed by atoms with Crippen LogP contribution >= 0.6 is 12.4 Å². The summed E-state index contributed by atoms with van der Waals surface area (Å²) in [5.41, 5.74) is 6.89. The quantitative estimate of drug-likeness (QED) is 0.859. The lowest BCUT2D eigenvalue weighted by molar-refractivity contribution is 0.0950. The number of carbonyl (C=O) groups is 1. The SMILES string of the molecule is CCOc1cccc(CNC(=O)c2coc(CN)c2)c1.Cl. The second-order valence-electron chi connectivity index (χ2n) is 4.27. The molecule has 0 aliphatic heterocycles. The minimum absolute atomic E-state index is 0. The minimum Gasteiger partial charge on any atom is -0.494 e. The fourth-order valence-electron chi connectivity index (χ4n) is 1.80. The van der Waals surface area contributed by atoms with Gasteiger partial charge >= 0.3 is 0 Å². The molecule has 0 saturated heterocycles. The van der Waals surface area contributed by atoms with E-state index in [-0.39, 0.29) is 24.9 Å². The smallest absolute Gasteiger partial charge is 0.254 e. The number of carbonyl (C=O) groups excluding carboxylic acids is 1. The molecule has 0 aliphatic rings. The maximum atomic E-state index is 11.9. The predicted molar refractivity (Wildman–Crippen MR) is 82.6 cm³/mol. The zero-order valence-electron chi connectivity index (χ0n) is 11.8. The third-order valence-corrected chi connectivity index (χ3v) is 2.78. The van der Waals surface area contributed by atoms with Crippen LogP contribution in [0.4, 0.5) is 0 Å². The minimum atomic E-state index is -0.185. The first-order chi connectivity index (χ1) is 9.72. The zero-order valence-corrected chi connectivity index (χ0v) is 12.6. The number of rotatable bonds is 6. The number of amides is 1. The molecule has 1 heterocycles. The molecule has 1 aromatic heterocycles. The average molecular weight is 311 g/mol. The number of halogens is 1. The first kappa shape index (κ1) is 17.1. The molecular weight excluding hydrogens is 292 g/mol. The van der Waals surface area contributed by atoms with Gasteiger partial charge in [0, 0.05) is 6.54 Å². The number of hydrogen-bond acceptors (Lipinski definition) is 4. The van der Waals surface area contributed by atoms with Gasteiger partial charge in [0.05, 0.1) is 18.7 Å². The van der Waals surface area contributed by atoms with Crippen LogP contribution < -0.4 is 15.8 Å². The summed E-state index contributed by atoms with van der Waals surface area (Å²) in [6.45, 7) is 3.27. The van der Waals surface area contributed by atoms with Gasteiger partial charge in [-0.05, 0) is 30.7 Å². The summed E-state index contributed by atoms with van der Waals surface area (Å²) >= 11 is 0. The Balaban J connectivity index is 0.00000220. The van der Waals surface area contributed by atoms with Crippen molar-refractivity contribution in [2.45, 2.75) is 20.0 Å². The molecule has 21 heavy (non-hydrogen) atoms. The van der Waals surface area contributed by atoms with Crippen LogP contribution in [0.15, 0.2) is 41.0 Å². The van der Waals surface area contributed by atoms with Gasteiger partial charge in [0.1, 0.15) is 17.8 Å². The van der Waals surface area contributed by atoms with Crippen LogP contribution in [0.3, 0.4) is 0 Å². The molecule has 0 radical (unpaired) electrons. The summed E-state index contributed by atoms with van der Waals surface area (Å²) in [5.74, 6) is 1.21. The van der Waals surface area contributed by atoms with E-state index in [1.807, 2.05) is 31.2 Å². The Labute approximate surface area is 129 Å². The molecule has 114 valence electrons. The van der Waals surface area contributed by atoms with Crippen molar-refractivity contribution < 1.29 is 13.9 Å². The molecule has 0 unspecified atom stereocenters. The van der Waals surface area contributed by atoms with E-state index in [0.717, 1.165) is 11.3 Å². The van der Waals surface area contributed by atoms with Crippen molar-refractivity contribution in [1.29, 1.82) is 0 Å². The van der Waals surface area contributed by atoms with E-state index in [2.05, 4.69) is 5.32 Å². The van der Waals surface area contributed by atoms with Gasteiger partial charge in [0.15, 0.2) is 0 Å². The van der Waals surface area contributed by atoms with Crippen molar-refractivity contribution in [2.24, 2.45) is 5.73 Å². The van der Waals surface area contributed by atoms with Gasteiger partial charge in [-0.25, -0.2) is 0 Å². The van der Waals surface area contributed by atoms with Crippen LogP contribution in [0.1, 0.15) is 28.6 Å². The Kier molecular flexibility index (Phi) is 6.78. The topological polar surface area (TPSA) is 77.5 Å². The summed E-state index contributed by atoms with van der Waals surface area (Å²) in [4.78, 5) is 11.9. The molecule has 6 heteroatoms. The number of furan rings is 1.